The number of hydrogen-bond donors (Lipinski definition) is 3. The largest absolute Gasteiger partial charge is 0.342 e. The Morgan fingerprint density at radius 3 is 2.33 bits per heavy atom. The molecule has 5 nitrogen and oxygen atoms in total. The summed E-state index contributed by atoms with van der Waals surface area (Å²) in [6, 6.07) is 25.4. The van der Waals surface area contributed by atoms with Crippen molar-refractivity contribution in [1.29, 1.82) is 0 Å². The van der Waals surface area contributed by atoms with Gasteiger partial charge in [-0.3, -0.25) is 9.78 Å². The van der Waals surface area contributed by atoms with Crippen molar-refractivity contribution >= 4 is 5.91 Å². The molecule has 3 aromatic rings. The molecule has 1 fully saturated rings. The van der Waals surface area contributed by atoms with Crippen molar-refractivity contribution in [3.63, 3.8) is 0 Å². The lowest BCUT2D eigenvalue weighted by Gasteiger charge is -2.21. The molecule has 0 radical (unpaired) electrons. The Bertz CT molecular complexity index is 831. The summed E-state index contributed by atoms with van der Waals surface area (Å²) in [5, 5.41) is 3.16. The maximum Gasteiger partial charge on any atom is 0.239 e. The summed E-state index contributed by atoms with van der Waals surface area (Å²) in [7, 11) is 0. The summed E-state index contributed by atoms with van der Waals surface area (Å²) < 4.78 is 0. The smallest absolute Gasteiger partial charge is 0.239 e. The van der Waals surface area contributed by atoms with E-state index in [0.29, 0.717) is 6.42 Å². The van der Waals surface area contributed by atoms with Crippen molar-refractivity contribution in [2.75, 3.05) is 0 Å². The molecule has 1 saturated heterocycles. The number of pyridine rings is 1. The lowest BCUT2D eigenvalue weighted by Crippen LogP contribution is -2.44. The van der Waals surface area contributed by atoms with E-state index in [1.165, 1.54) is 5.56 Å². The van der Waals surface area contributed by atoms with Crippen molar-refractivity contribution in [3.05, 3.63) is 102 Å². The average Bonchev–Trinajstić information content (AvgIpc) is 3.24. The minimum Gasteiger partial charge on any atom is -0.342 e. The van der Waals surface area contributed by atoms with Gasteiger partial charge in [0.05, 0.1) is 11.7 Å². The first-order valence-electron chi connectivity index (χ1n) is 9.13. The Morgan fingerprint density at radius 1 is 0.926 bits per heavy atom. The zero-order chi connectivity index (χ0) is 18.5. The molecule has 2 heterocycles. The molecule has 0 bridgehead atoms. The molecule has 1 amide bonds. The molecule has 1 aliphatic rings. The predicted octanol–water partition coefficient (Wildman–Crippen LogP) is 2.90. The second-order valence-electron chi connectivity index (χ2n) is 6.65. The van der Waals surface area contributed by atoms with Crippen LogP contribution in [0.4, 0.5) is 0 Å². The standard InChI is InChI=1S/C22H22N4O/c27-22(20-15-19(25-26-20)16-9-3-1-4-10-16)24-21(17-11-5-2-6-12-17)18-13-7-8-14-23-18/h1-14,19-21,25-26H,15H2,(H,24,27). The van der Waals surface area contributed by atoms with Gasteiger partial charge in [0, 0.05) is 12.2 Å². The average molecular weight is 358 g/mol. The molecule has 4 rings (SSSR count). The summed E-state index contributed by atoms with van der Waals surface area (Å²) in [5.74, 6) is -0.0413. The molecular weight excluding hydrogens is 336 g/mol. The Labute approximate surface area is 158 Å². The molecule has 136 valence electrons. The van der Waals surface area contributed by atoms with E-state index in [0.717, 1.165) is 11.3 Å². The van der Waals surface area contributed by atoms with Gasteiger partial charge < -0.3 is 5.32 Å². The number of nitrogens with zero attached hydrogens (tertiary/aromatic N) is 1. The van der Waals surface area contributed by atoms with Gasteiger partial charge in [0.15, 0.2) is 0 Å². The minimum atomic E-state index is -0.301. The van der Waals surface area contributed by atoms with Crippen molar-refractivity contribution in [3.8, 4) is 0 Å². The van der Waals surface area contributed by atoms with Crippen molar-refractivity contribution in [2.45, 2.75) is 24.5 Å². The van der Waals surface area contributed by atoms with Crippen LogP contribution in [0.5, 0.6) is 0 Å². The predicted molar refractivity (Wildman–Crippen MR) is 105 cm³/mol. The van der Waals surface area contributed by atoms with Gasteiger partial charge in [-0.05, 0) is 29.7 Å². The van der Waals surface area contributed by atoms with Gasteiger partial charge >= 0.3 is 0 Å². The van der Waals surface area contributed by atoms with E-state index in [4.69, 9.17) is 0 Å². The van der Waals surface area contributed by atoms with E-state index in [9.17, 15) is 4.79 Å². The first kappa shape index (κ1) is 17.4. The summed E-state index contributed by atoms with van der Waals surface area (Å²) in [6.07, 6.45) is 2.44. The molecule has 2 aromatic carbocycles. The molecule has 1 aliphatic heterocycles. The fourth-order valence-electron chi connectivity index (χ4n) is 3.40. The highest BCUT2D eigenvalue weighted by molar-refractivity contribution is 5.82. The van der Waals surface area contributed by atoms with Crippen molar-refractivity contribution in [1.82, 2.24) is 21.2 Å². The molecule has 0 aliphatic carbocycles. The maximum atomic E-state index is 12.9. The monoisotopic (exact) mass is 358 g/mol. The highest BCUT2D eigenvalue weighted by Gasteiger charge is 2.31. The van der Waals surface area contributed by atoms with Crippen molar-refractivity contribution in [2.24, 2.45) is 0 Å². The Balaban J connectivity index is 1.49. The number of hydrogen-bond acceptors (Lipinski definition) is 4. The van der Waals surface area contributed by atoms with Crippen LogP contribution in [0, 0.1) is 0 Å². The van der Waals surface area contributed by atoms with Crippen LogP contribution in [0.15, 0.2) is 85.1 Å². The van der Waals surface area contributed by atoms with Crippen LogP contribution in [-0.4, -0.2) is 16.9 Å². The third-order valence-electron chi connectivity index (χ3n) is 4.82. The van der Waals surface area contributed by atoms with Gasteiger partial charge in [-0.1, -0.05) is 66.7 Å². The Kier molecular flexibility index (Phi) is 5.23. The number of rotatable bonds is 5. The van der Waals surface area contributed by atoms with Gasteiger partial charge in [0.1, 0.15) is 6.04 Å². The van der Waals surface area contributed by atoms with Crippen LogP contribution < -0.4 is 16.2 Å². The van der Waals surface area contributed by atoms with Gasteiger partial charge in [0.2, 0.25) is 5.91 Å². The van der Waals surface area contributed by atoms with Crippen LogP contribution in [-0.2, 0) is 4.79 Å². The summed E-state index contributed by atoms with van der Waals surface area (Å²) in [4.78, 5) is 17.4. The van der Waals surface area contributed by atoms with Gasteiger partial charge in [-0.15, -0.1) is 0 Å². The van der Waals surface area contributed by atoms with Gasteiger partial charge in [0.25, 0.3) is 0 Å². The summed E-state index contributed by atoms with van der Waals surface area (Å²) in [6.45, 7) is 0. The SMILES string of the molecule is O=C(NC(c1ccccc1)c1ccccn1)C1CC(c2ccccc2)NN1. The lowest BCUT2D eigenvalue weighted by molar-refractivity contribution is -0.123. The summed E-state index contributed by atoms with van der Waals surface area (Å²) in [5.41, 5.74) is 9.36. The quantitative estimate of drug-likeness (QED) is 0.656. The fraction of sp³-hybridized carbons (Fsp3) is 0.182. The zero-order valence-corrected chi connectivity index (χ0v) is 14.9. The lowest BCUT2D eigenvalue weighted by atomic mass is 10.00. The number of amides is 1. The second-order valence-corrected chi connectivity index (χ2v) is 6.65. The normalized spacial score (nSPS) is 20.1. The van der Waals surface area contributed by atoms with Crippen LogP contribution >= 0.6 is 0 Å². The van der Waals surface area contributed by atoms with Crippen LogP contribution in [0.2, 0.25) is 0 Å². The zero-order valence-electron chi connectivity index (χ0n) is 14.9. The third-order valence-corrected chi connectivity index (χ3v) is 4.82. The number of hydrazine groups is 1. The van der Waals surface area contributed by atoms with Crippen LogP contribution in [0.3, 0.4) is 0 Å². The fourth-order valence-corrected chi connectivity index (χ4v) is 3.40. The number of carbonyl (C=O) groups excluding carboxylic acids is 1. The third kappa shape index (κ3) is 4.05. The first-order chi connectivity index (χ1) is 13.3. The summed E-state index contributed by atoms with van der Waals surface area (Å²) >= 11 is 0. The maximum absolute atomic E-state index is 12.9. The van der Waals surface area contributed by atoms with E-state index in [-0.39, 0.29) is 24.0 Å². The molecule has 1 aromatic heterocycles. The van der Waals surface area contributed by atoms with Crippen molar-refractivity contribution < 1.29 is 4.79 Å². The van der Waals surface area contributed by atoms with Gasteiger partial charge in [-0.25, -0.2) is 10.9 Å². The number of carbonyl (C=O) groups is 1. The van der Waals surface area contributed by atoms with E-state index >= 15 is 0 Å². The number of aromatic nitrogens is 1. The first-order valence-corrected chi connectivity index (χ1v) is 9.13. The molecule has 27 heavy (non-hydrogen) atoms. The number of benzene rings is 2. The van der Waals surface area contributed by atoms with E-state index in [1.54, 1.807) is 6.20 Å². The second kappa shape index (κ2) is 8.12. The van der Waals surface area contributed by atoms with E-state index < -0.39 is 0 Å². The van der Waals surface area contributed by atoms with E-state index in [2.05, 4.69) is 33.3 Å². The molecule has 0 saturated carbocycles. The van der Waals surface area contributed by atoms with Crippen LogP contribution in [0.1, 0.15) is 35.3 Å². The minimum absolute atomic E-state index is 0.0413. The highest BCUT2D eigenvalue weighted by atomic mass is 16.2. The molecule has 0 spiro atoms. The highest BCUT2D eigenvalue weighted by Crippen LogP contribution is 2.24. The molecule has 3 atom stereocenters. The molecule has 5 heteroatoms. The van der Waals surface area contributed by atoms with E-state index in [1.807, 2.05) is 66.7 Å². The Hall–Kier alpha value is -3.02. The molecule has 3 unspecified atom stereocenters. The van der Waals surface area contributed by atoms with Gasteiger partial charge in [-0.2, -0.15) is 0 Å². The van der Waals surface area contributed by atoms with Crippen LogP contribution in [0.25, 0.3) is 0 Å². The Morgan fingerprint density at radius 2 is 1.63 bits per heavy atom. The topological polar surface area (TPSA) is 66.0 Å². The molecule has 3 N–H and O–H groups in total. The molecular formula is C22H22N4O. The number of nitrogens with one attached hydrogen (secondary N) is 3.